The van der Waals surface area contributed by atoms with Crippen LogP contribution in [-0.2, 0) is 4.74 Å². The van der Waals surface area contributed by atoms with Crippen molar-refractivity contribution in [2.45, 2.75) is 57.7 Å². The molecule has 0 saturated heterocycles. The lowest BCUT2D eigenvalue weighted by Gasteiger charge is -2.33. The molecular weight excluding hydrogens is 250 g/mol. The first kappa shape index (κ1) is 15.3. The van der Waals surface area contributed by atoms with E-state index in [9.17, 15) is 0 Å². The molecule has 0 spiro atoms. The number of hydrogen-bond acceptors (Lipinski definition) is 3. The van der Waals surface area contributed by atoms with Crippen molar-refractivity contribution in [3.8, 4) is 5.75 Å². The van der Waals surface area contributed by atoms with Crippen molar-refractivity contribution < 1.29 is 9.47 Å². The summed E-state index contributed by atoms with van der Waals surface area (Å²) in [6.07, 6.45) is 5.32. The molecular formula is C17H27NO2. The first-order valence-corrected chi connectivity index (χ1v) is 7.76. The van der Waals surface area contributed by atoms with Gasteiger partial charge in [0.25, 0.3) is 0 Å². The van der Waals surface area contributed by atoms with E-state index in [2.05, 4.69) is 24.4 Å². The largest absolute Gasteiger partial charge is 0.494 e. The molecule has 0 radical (unpaired) electrons. The van der Waals surface area contributed by atoms with Crippen LogP contribution in [0.4, 0.5) is 0 Å². The van der Waals surface area contributed by atoms with E-state index in [1.54, 1.807) is 0 Å². The Balaban J connectivity index is 1.94. The highest BCUT2D eigenvalue weighted by Crippen LogP contribution is 2.24. The molecule has 0 aliphatic heterocycles. The first-order valence-electron chi connectivity index (χ1n) is 7.76. The molecule has 1 aromatic rings. The molecule has 112 valence electrons. The van der Waals surface area contributed by atoms with Gasteiger partial charge in [0.2, 0.25) is 0 Å². The topological polar surface area (TPSA) is 30.5 Å². The van der Waals surface area contributed by atoms with Gasteiger partial charge in [-0.2, -0.15) is 0 Å². The summed E-state index contributed by atoms with van der Waals surface area (Å²) in [5.74, 6) is 0.941. The highest BCUT2D eigenvalue weighted by molar-refractivity contribution is 5.29. The molecule has 3 atom stereocenters. The molecule has 2 rings (SSSR count). The second-order valence-corrected chi connectivity index (χ2v) is 5.56. The normalized spacial score (nSPS) is 24.4. The van der Waals surface area contributed by atoms with Crippen LogP contribution in [-0.4, -0.2) is 25.9 Å². The minimum atomic E-state index is 0.339. The van der Waals surface area contributed by atoms with E-state index in [0.29, 0.717) is 24.8 Å². The molecule has 1 fully saturated rings. The van der Waals surface area contributed by atoms with Crippen LogP contribution in [0.25, 0.3) is 0 Å². The molecule has 1 aromatic carbocycles. The van der Waals surface area contributed by atoms with Gasteiger partial charge in [0.05, 0.1) is 12.7 Å². The minimum Gasteiger partial charge on any atom is -0.494 e. The Morgan fingerprint density at radius 3 is 2.55 bits per heavy atom. The molecule has 1 aliphatic rings. The lowest BCUT2D eigenvalue weighted by molar-refractivity contribution is 0.0384. The fraction of sp³-hybridized carbons (Fsp3) is 0.647. The van der Waals surface area contributed by atoms with Gasteiger partial charge in [0.1, 0.15) is 5.75 Å². The fourth-order valence-corrected chi connectivity index (χ4v) is 3.01. The van der Waals surface area contributed by atoms with Gasteiger partial charge in [0, 0.05) is 19.2 Å². The molecule has 3 heteroatoms. The third kappa shape index (κ3) is 3.97. The molecule has 1 aliphatic carbocycles. The fourth-order valence-electron chi connectivity index (χ4n) is 3.01. The third-order valence-electron chi connectivity index (χ3n) is 4.16. The van der Waals surface area contributed by atoms with E-state index in [-0.39, 0.29) is 0 Å². The molecule has 0 heterocycles. The van der Waals surface area contributed by atoms with Gasteiger partial charge in [-0.05, 0) is 44.4 Å². The number of benzene rings is 1. The van der Waals surface area contributed by atoms with Gasteiger partial charge in [-0.3, -0.25) is 0 Å². The Morgan fingerprint density at radius 2 is 1.90 bits per heavy atom. The van der Waals surface area contributed by atoms with E-state index in [0.717, 1.165) is 5.75 Å². The molecule has 0 aromatic heterocycles. The number of hydrogen-bond donors (Lipinski definition) is 1. The lowest BCUT2D eigenvalue weighted by atomic mass is 9.91. The predicted octanol–water partition coefficient (Wildman–Crippen LogP) is 3.69. The van der Waals surface area contributed by atoms with E-state index in [1.165, 1.54) is 31.2 Å². The number of methoxy groups -OCH3 is 1. The Bertz CT molecular complexity index is 390. The quantitative estimate of drug-likeness (QED) is 0.860. The van der Waals surface area contributed by atoms with Crippen molar-refractivity contribution >= 4 is 0 Å². The summed E-state index contributed by atoms with van der Waals surface area (Å²) >= 11 is 0. The number of rotatable bonds is 6. The van der Waals surface area contributed by atoms with Crippen molar-refractivity contribution in [3.63, 3.8) is 0 Å². The van der Waals surface area contributed by atoms with Crippen molar-refractivity contribution in [2.24, 2.45) is 0 Å². The predicted molar refractivity (Wildman–Crippen MR) is 82.2 cm³/mol. The van der Waals surface area contributed by atoms with Crippen LogP contribution in [0.5, 0.6) is 5.75 Å². The van der Waals surface area contributed by atoms with Crippen molar-refractivity contribution in [1.82, 2.24) is 5.32 Å². The SMILES string of the molecule is CCOc1ccc(C(C)NC2CCCCC2OC)cc1. The number of ether oxygens (including phenoxy) is 2. The summed E-state index contributed by atoms with van der Waals surface area (Å²) in [6.45, 7) is 4.94. The maximum Gasteiger partial charge on any atom is 0.119 e. The molecule has 1 saturated carbocycles. The first-order chi connectivity index (χ1) is 9.74. The van der Waals surface area contributed by atoms with Crippen LogP contribution in [0.1, 0.15) is 51.1 Å². The van der Waals surface area contributed by atoms with Gasteiger partial charge in [-0.15, -0.1) is 0 Å². The van der Waals surface area contributed by atoms with Crippen LogP contribution < -0.4 is 10.1 Å². The van der Waals surface area contributed by atoms with Crippen molar-refractivity contribution in [1.29, 1.82) is 0 Å². The summed E-state index contributed by atoms with van der Waals surface area (Å²) in [7, 11) is 1.83. The van der Waals surface area contributed by atoms with Gasteiger partial charge in [0.15, 0.2) is 0 Å². The van der Waals surface area contributed by atoms with Crippen molar-refractivity contribution in [3.05, 3.63) is 29.8 Å². The third-order valence-corrected chi connectivity index (χ3v) is 4.16. The Labute approximate surface area is 122 Å². The second kappa shape index (κ2) is 7.65. The van der Waals surface area contributed by atoms with Crippen LogP contribution in [0, 0.1) is 0 Å². The summed E-state index contributed by atoms with van der Waals surface area (Å²) in [6, 6.07) is 9.19. The van der Waals surface area contributed by atoms with Crippen molar-refractivity contribution in [2.75, 3.05) is 13.7 Å². The van der Waals surface area contributed by atoms with Crippen LogP contribution in [0.3, 0.4) is 0 Å². The monoisotopic (exact) mass is 277 g/mol. The average Bonchev–Trinajstić information content (AvgIpc) is 2.49. The second-order valence-electron chi connectivity index (χ2n) is 5.56. The Kier molecular flexibility index (Phi) is 5.86. The summed E-state index contributed by atoms with van der Waals surface area (Å²) in [5.41, 5.74) is 1.30. The maximum absolute atomic E-state index is 5.61. The standard InChI is InChI=1S/C17H27NO2/c1-4-20-15-11-9-14(10-12-15)13(2)18-16-7-5-6-8-17(16)19-3/h9-13,16-18H,4-8H2,1-3H3. The lowest BCUT2D eigenvalue weighted by Crippen LogP contribution is -2.44. The Morgan fingerprint density at radius 1 is 1.20 bits per heavy atom. The molecule has 20 heavy (non-hydrogen) atoms. The van der Waals surface area contributed by atoms with E-state index in [1.807, 2.05) is 26.2 Å². The zero-order valence-electron chi connectivity index (χ0n) is 12.9. The zero-order chi connectivity index (χ0) is 14.4. The molecule has 1 N–H and O–H groups in total. The minimum absolute atomic E-state index is 0.339. The highest BCUT2D eigenvalue weighted by atomic mass is 16.5. The molecule has 3 nitrogen and oxygen atoms in total. The van der Waals surface area contributed by atoms with Gasteiger partial charge >= 0.3 is 0 Å². The molecule has 0 amide bonds. The van der Waals surface area contributed by atoms with Gasteiger partial charge in [-0.1, -0.05) is 25.0 Å². The molecule has 0 bridgehead atoms. The Hall–Kier alpha value is -1.06. The number of nitrogens with one attached hydrogen (secondary N) is 1. The highest BCUT2D eigenvalue weighted by Gasteiger charge is 2.26. The van der Waals surface area contributed by atoms with Crippen LogP contribution >= 0.6 is 0 Å². The van der Waals surface area contributed by atoms with E-state index in [4.69, 9.17) is 9.47 Å². The smallest absolute Gasteiger partial charge is 0.119 e. The maximum atomic E-state index is 5.61. The summed E-state index contributed by atoms with van der Waals surface area (Å²) in [4.78, 5) is 0. The van der Waals surface area contributed by atoms with Gasteiger partial charge < -0.3 is 14.8 Å². The summed E-state index contributed by atoms with van der Waals surface area (Å²) < 4.78 is 11.1. The van der Waals surface area contributed by atoms with Crippen LogP contribution in [0.15, 0.2) is 24.3 Å². The van der Waals surface area contributed by atoms with E-state index >= 15 is 0 Å². The van der Waals surface area contributed by atoms with Gasteiger partial charge in [-0.25, -0.2) is 0 Å². The zero-order valence-corrected chi connectivity index (χ0v) is 12.9. The summed E-state index contributed by atoms with van der Waals surface area (Å²) in [5, 5.41) is 3.72. The average molecular weight is 277 g/mol. The van der Waals surface area contributed by atoms with E-state index < -0.39 is 0 Å². The van der Waals surface area contributed by atoms with Crippen LogP contribution in [0.2, 0.25) is 0 Å². The molecule has 3 unspecified atom stereocenters.